The molecule has 8 heteroatoms. The minimum Gasteiger partial charge on any atom is -0.383 e. The minimum atomic E-state index is -0.226. The van der Waals surface area contributed by atoms with Crippen LogP contribution in [0.5, 0.6) is 0 Å². The van der Waals surface area contributed by atoms with E-state index in [4.69, 9.17) is 16.3 Å². The van der Waals surface area contributed by atoms with Gasteiger partial charge >= 0.3 is 0 Å². The number of anilines is 1. The second-order valence-corrected chi connectivity index (χ2v) is 10.8. The van der Waals surface area contributed by atoms with Crippen LogP contribution >= 0.6 is 11.6 Å². The molecule has 1 aromatic carbocycles. The molecular formula is C29H43ClN4O3. The van der Waals surface area contributed by atoms with Crippen molar-refractivity contribution in [3.8, 4) is 0 Å². The third-order valence-electron chi connectivity index (χ3n) is 7.85. The van der Waals surface area contributed by atoms with Gasteiger partial charge in [-0.05, 0) is 96.8 Å². The highest BCUT2D eigenvalue weighted by Crippen LogP contribution is 2.34. The van der Waals surface area contributed by atoms with Gasteiger partial charge in [-0.1, -0.05) is 11.6 Å². The number of benzene rings is 1. The number of pyridine rings is 1. The molecule has 3 rings (SSSR count). The number of amides is 1. The van der Waals surface area contributed by atoms with Crippen LogP contribution < -0.4 is 15.8 Å². The van der Waals surface area contributed by atoms with E-state index in [1.165, 1.54) is 12.8 Å². The van der Waals surface area contributed by atoms with Crippen LogP contribution in [-0.4, -0.2) is 61.8 Å². The lowest BCUT2D eigenvalue weighted by atomic mass is 9.89. The number of aryl methyl sites for hydroxylation is 2. The van der Waals surface area contributed by atoms with Crippen molar-refractivity contribution in [2.24, 2.45) is 0 Å². The molecule has 7 nitrogen and oxygen atoms in total. The summed E-state index contributed by atoms with van der Waals surface area (Å²) in [6, 6.07) is 6.74. The molecule has 2 aromatic rings. The largest absolute Gasteiger partial charge is 0.383 e. The van der Waals surface area contributed by atoms with Crippen LogP contribution in [0.15, 0.2) is 23.0 Å². The van der Waals surface area contributed by atoms with E-state index < -0.39 is 0 Å². The Morgan fingerprint density at radius 2 is 1.76 bits per heavy atom. The first-order chi connectivity index (χ1) is 17.6. The number of hydrogen-bond donors (Lipinski definition) is 1. The zero-order valence-electron chi connectivity index (χ0n) is 23.5. The fourth-order valence-corrected chi connectivity index (χ4v) is 5.83. The van der Waals surface area contributed by atoms with Crippen molar-refractivity contribution >= 4 is 23.2 Å². The van der Waals surface area contributed by atoms with E-state index >= 15 is 0 Å². The number of carbonyl (C=O) groups is 1. The Morgan fingerprint density at radius 3 is 2.35 bits per heavy atom. The molecule has 1 amide bonds. The van der Waals surface area contributed by atoms with E-state index in [1.54, 1.807) is 17.7 Å². The lowest BCUT2D eigenvalue weighted by molar-refractivity contribution is 0.0950. The molecule has 0 spiro atoms. The summed E-state index contributed by atoms with van der Waals surface area (Å²) in [5, 5.41) is 3.52. The molecule has 0 aliphatic heterocycles. The highest BCUT2D eigenvalue weighted by molar-refractivity contribution is 6.31. The van der Waals surface area contributed by atoms with E-state index in [-0.39, 0.29) is 18.0 Å². The van der Waals surface area contributed by atoms with Gasteiger partial charge in [0.05, 0.1) is 6.61 Å². The molecule has 1 fully saturated rings. The van der Waals surface area contributed by atoms with E-state index in [0.717, 1.165) is 41.9 Å². The molecule has 1 saturated carbocycles. The normalized spacial score (nSPS) is 17.8. The summed E-state index contributed by atoms with van der Waals surface area (Å²) in [6.45, 7) is 9.90. The van der Waals surface area contributed by atoms with Gasteiger partial charge in [-0.2, -0.15) is 0 Å². The van der Waals surface area contributed by atoms with Crippen molar-refractivity contribution in [2.75, 3.05) is 39.3 Å². The second-order valence-electron chi connectivity index (χ2n) is 10.4. The van der Waals surface area contributed by atoms with Crippen molar-refractivity contribution in [1.29, 1.82) is 0 Å². The van der Waals surface area contributed by atoms with Crippen LogP contribution in [0.1, 0.15) is 65.3 Å². The summed E-state index contributed by atoms with van der Waals surface area (Å²) in [4.78, 5) is 31.2. The SMILES string of the molecule is CCN(c1cc(Cl)cc(C(=O)NCc2c(C)cc(C)n(CCOC)c2=O)c1C)[C@H]1CC[C@H](N(C)C)CC1. The Kier molecular flexibility index (Phi) is 10.2. The van der Waals surface area contributed by atoms with Crippen LogP contribution in [-0.2, 0) is 17.8 Å². The molecule has 204 valence electrons. The van der Waals surface area contributed by atoms with Gasteiger partial charge in [0, 0.05) is 66.4 Å². The van der Waals surface area contributed by atoms with Crippen molar-refractivity contribution in [3.63, 3.8) is 0 Å². The molecule has 0 saturated heterocycles. The first kappa shape index (κ1) is 29.2. The predicted molar refractivity (Wildman–Crippen MR) is 152 cm³/mol. The smallest absolute Gasteiger partial charge is 0.256 e. The van der Waals surface area contributed by atoms with Crippen LogP contribution in [0.3, 0.4) is 0 Å². The van der Waals surface area contributed by atoms with Gasteiger partial charge in [-0.15, -0.1) is 0 Å². The van der Waals surface area contributed by atoms with Gasteiger partial charge in [-0.3, -0.25) is 9.59 Å². The van der Waals surface area contributed by atoms with Crippen LogP contribution in [0, 0.1) is 20.8 Å². The van der Waals surface area contributed by atoms with E-state index in [9.17, 15) is 9.59 Å². The van der Waals surface area contributed by atoms with Crippen molar-refractivity contribution in [3.05, 3.63) is 61.5 Å². The monoisotopic (exact) mass is 530 g/mol. The maximum Gasteiger partial charge on any atom is 0.256 e. The minimum absolute atomic E-state index is 0.0937. The molecule has 0 bridgehead atoms. The maximum absolute atomic E-state index is 13.4. The van der Waals surface area contributed by atoms with Crippen molar-refractivity contribution in [1.82, 2.24) is 14.8 Å². The summed E-state index contributed by atoms with van der Waals surface area (Å²) < 4.78 is 6.86. The topological polar surface area (TPSA) is 66.8 Å². The Hall–Kier alpha value is -2.35. The van der Waals surface area contributed by atoms with E-state index in [2.05, 4.69) is 36.1 Å². The average molecular weight is 531 g/mol. The molecular weight excluding hydrogens is 488 g/mol. The molecule has 1 heterocycles. The predicted octanol–water partition coefficient (Wildman–Crippen LogP) is 4.70. The Bertz CT molecular complexity index is 1150. The van der Waals surface area contributed by atoms with Gasteiger partial charge in [0.1, 0.15) is 0 Å². The lowest BCUT2D eigenvalue weighted by Gasteiger charge is -2.40. The molecule has 1 aromatic heterocycles. The van der Waals surface area contributed by atoms with Crippen molar-refractivity contribution in [2.45, 2.75) is 78.6 Å². The number of methoxy groups -OCH3 is 1. The summed E-state index contributed by atoms with van der Waals surface area (Å²) in [6.07, 6.45) is 4.57. The Balaban J connectivity index is 1.82. The first-order valence-corrected chi connectivity index (χ1v) is 13.7. The number of rotatable bonds is 10. The van der Waals surface area contributed by atoms with Gasteiger partial charge in [0.25, 0.3) is 11.5 Å². The van der Waals surface area contributed by atoms with Crippen LogP contribution in [0.25, 0.3) is 0 Å². The number of nitrogens with zero attached hydrogens (tertiary/aromatic N) is 3. The van der Waals surface area contributed by atoms with E-state index in [0.29, 0.717) is 41.4 Å². The third-order valence-corrected chi connectivity index (χ3v) is 8.07. The number of aromatic nitrogens is 1. The Morgan fingerprint density at radius 1 is 1.11 bits per heavy atom. The first-order valence-electron chi connectivity index (χ1n) is 13.3. The molecule has 37 heavy (non-hydrogen) atoms. The average Bonchev–Trinajstić information content (AvgIpc) is 2.86. The lowest BCUT2D eigenvalue weighted by Crippen LogP contribution is -2.42. The molecule has 0 atom stereocenters. The van der Waals surface area contributed by atoms with Gasteiger partial charge < -0.3 is 24.4 Å². The quantitative estimate of drug-likeness (QED) is 0.482. The number of nitrogens with one attached hydrogen (secondary N) is 1. The van der Waals surface area contributed by atoms with Gasteiger partial charge in [-0.25, -0.2) is 0 Å². The molecule has 0 unspecified atom stereocenters. The second kappa shape index (κ2) is 12.9. The number of hydrogen-bond acceptors (Lipinski definition) is 5. The third kappa shape index (κ3) is 6.75. The zero-order chi connectivity index (χ0) is 27.3. The summed E-state index contributed by atoms with van der Waals surface area (Å²) in [7, 11) is 5.93. The maximum atomic E-state index is 13.4. The highest BCUT2D eigenvalue weighted by Gasteiger charge is 2.28. The van der Waals surface area contributed by atoms with Crippen molar-refractivity contribution < 1.29 is 9.53 Å². The van der Waals surface area contributed by atoms with Crippen LogP contribution in [0.2, 0.25) is 5.02 Å². The molecule has 1 aliphatic rings. The summed E-state index contributed by atoms with van der Waals surface area (Å²) in [5.41, 5.74) is 4.72. The fraction of sp³-hybridized carbons (Fsp3) is 0.586. The van der Waals surface area contributed by atoms with Crippen LogP contribution in [0.4, 0.5) is 5.69 Å². The fourth-order valence-electron chi connectivity index (χ4n) is 5.62. The summed E-state index contributed by atoms with van der Waals surface area (Å²) >= 11 is 6.55. The number of halogens is 1. The molecule has 1 N–H and O–H groups in total. The van der Waals surface area contributed by atoms with Gasteiger partial charge in [0.2, 0.25) is 0 Å². The highest BCUT2D eigenvalue weighted by atomic mass is 35.5. The van der Waals surface area contributed by atoms with E-state index in [1.807, 2.05) is 32.9 Å². The number of ether oxygens (including phenoxy) is 1. The van der Waals surface area contributed by atoms with Gasteiger partial charge in [0.15, 0.2) is 0 Å². The molecule has 0 radical (unpaired) electrons. The Labute approximate surface area is 226 Å². The number of carbonyl (C=O) groups excluding carboxylic acids is 1. The zero-order valence-corrected chi connectivity index (χ0v) is 24.2. The standard InChI is InChI=1S/C29H43ClN4O3/c1-8-33(24-11-9-23(10-12-24)32(5)6)27-17-22(30)16-25(21(27)4)28(35)31-18-26-19(2)15-20(3)34(29(26)36)13-14-37-7/h15-17,23-24H,8-14,18H2,1-7H3,(H,31,35)/t23-,24-. The summed E-state index contributed by atoms with van der Waals surface area (Å²) in [5.74, 6) is -0.226. The molecule has 1 aliphatic carbocycles.